The van der Waals surface area contributed by atoms with E-state index in [1.165, 1.54) is 12.1 Å². The maximum Gasteiger partial charge on any atom is 0.416 e. The van der Waals surface area contributed by atoms with Crippen molar-refractivity contribution >= 4 is 5.91 Å². The highest BCUT2D eigenvalue weighted by atomic mass is 19.4. The second kappa shape index (κ2) is 9.01. The van der Waals surface area contributed by atoms with Crippen molar-refractivity contribution in [2.45, 2.75) is 38.3 Å². The molecule has 1 N–H and O–H groups in total. The molecule has 1 atom stereocenters. The van der Waals surface area contributed by atoms with E-state index in [9.17, 15) is 18.0 Å². The first-order chi connectivity index (χ1) is 15.3. The van der Waals surface area contributed by atoms with Gasteiger partial charge < -0.3 is 9.64 Å². The number of hydrogen-bond acceptors (Lipinski definition) is 6. The van der Waals surface area contributed by atoms with Gasteiger partial charge in [0, 0.05) is 31.1 Å². The van der Waals surface area contributed by atoms with E-state index in [4.69, 9.17) is 4.74 Å². The van der Waals surface area contributed by atoms with Crippen molar-refractivity contribution in [3.8, 4) is 5.75 Å². The summed E-state index contributed by atoms with van der Waals surface area (Å²) in [5.74, 6) is 0.489. The van der Waals surface area contributed by atoms with E-state index in [-0.39, 0.29) is 18.2 Å². The number of aryl methyl sites for hydroxylation is 1. The number of nitrogens with one attached hydrogen (secondary N) is 1. The van der Waals surface area contributed by atoms with Crippen molar-refractivity contribution in [1.29, 1.82) is 0 Å². The molecule has 1 amide bonds. The minimum atomic E-state index is -4.36. The molecule has 0 spiro atoms. The molecule has 1 aromatic carbocycles. The predicted molar refractivity (Wildman–Crippen MR) is 106 cm³/mol. The van der Waals surface area contributed by atoms with Crippen LogP contribution in [-0.4, -0.2) is 51.0 Å². The molecule has 2 aromatic heterocycles. The van der Waals surface area contributed by atoms with Crippen molar-refractivity contribution in [3.63, 3.8) is 0 Å². The maximum atomic E-state index is 12.6. The zero-order valence-electron chi connectivity index (χ0n) is 17.4. The van der Waals surface area contributed by atoms with E-state index in [0.29, 0.717) is 43.3 Å². The Morgan fingerprint density at radius 3 is 2.75 bits per heavy atom. The Morgan fingerprint density at radius 2 is 2.06 bits per heavy atom. The van der Waals surface area contributed by atoms with Crippen molar-refractivity contribution in [3.05, 3.63) is 58.7 Å². The zero-order chi connectivity index (χ0) is 22.7. The van der Waals surface area contributed by atoms with Crippen LogP contribution in [-0.2, 0) is 23.8 Å². The van der Waals surface area contributed by atoms with Crippen LogP contribution in [0, 0.1) is 6.92 Å². The number of hydrogen-bond donors (Lipinski definition) is 1. The monoisotopic (exact) mass is 449 g/mol. The highest BCUT2D eigenvalue weighted by Gasteiger charge is 2.30. The molecule has 1 saturated heterocycles. The summed E-state index contributed by atoms with van der Waals surface area (Å²) >= 11 is 0. The fourth-order valence-corrected chi connectivity index (χ4v) is 3.63. The number of rotatable bonds is 7. The number of carbonyl (C=O) groups is 1. The molecule has 0 saturated carbocycles. The third kappa shape index (κ3) is 5.09. The number of H-pyrrole nitrogens is 1. The summed E-state index contributed by atoms with van der Waals surface area (Å²) in [6, 6.07) is 6.55. The lowest BCUT2D eigenvalue weighted by Crippen LogP contribution is -2.30. The summed E-state index contributed by atoms with van der Waals surface area (Å²) in [5, 5.41) is 14.8. The molecule has 0 bridgehead atoms. The number of likely N-dealkylation sites (tertiary alicyclic amines) is 1. The van der Waals surface area contributed by atoms with E-state index in [1.54, 1.807) is 11.8 Å². The van der Waals surface area contributed by atoms with Gasteiger partial charge in [-0.2, -0.15) is 18.3 Å². The molecular formula is C21H22F3N5O3. The molecule has 8 nitrogen and oxygen atoms in total. The topological polar surface area (TPSA) is 97.1 Å². The molecule has 4 rings (SSSR count). The van der Waals surface area contributed by atoms with Crippen LogP contribution in [0.1, 0.15) is 40.7 Å². The van der Waals surface area contributed by atoms with Crippen LogP contribution in [0.4, 0.5) is 13.2 Å². The van der Waals surface area contributed by atoms with Gasteiger partial charge in [-0.05, 0) is 43.7 Å². The number of amides is 1. The first-order valence-electron chi connectivity index (χ1n) is 10.2. The smallest absolute Gasteiger partial charge is 0.416 e. The molecule has 1 aliphatic heterocycles. The highest BCUT2D eigenvalue weighted by molar-refractivity contribution is 5.78. The summed E-state index contributed by atoms with van der Waals surface area (Å²) in [5.41, 5.74) is 2.20. The van der Waals surface area contributed by atoms with Gasteiger partial charge in [0.05, 0.1) is 24.3 Å². The third-order valence-corrected chi connectivity index (χ3v) is 5.50. The SMILES string of the molecule is Cc1nonc1CC(=O)N1CCC(c2cc(CCOc3ccc(C(F)(F)F)cc3)[nH]n2)C1. The third-order valence-electron chi connectivity index (χ3n) is 5.50. The average Bonchev–Trinajstić information content (AvgIpc) is 3.49. The molecule has 11 heteroatoms. The van der Waals surface area contributed by atoms with Gasteiger partial charge in [0.1, 0.15) is 17.1 Å². The van der Waals surface area contributed by atoms with Crippen LogP contribution >= 0.6 is 0 Å². The minimum absolute atomic E-state index is 0.0213. The minimum Gasteiger partial charge on any atom is -0.493 e. The number of alkyl halides is 3. The molecule has 3 aromatic rings. The summed E-state index contributed by atoms with van der Waals surface area (Å²) in [7, 11) is 0. The quantitative estimate of drug-likeness (QED) is 0.595. The van der Waals surface area contributed by atoms with E-state index in [0.717, 1.165) is 29.9 Å². The number of halogens is 3. The van der Waals surface area contributed by atoms with Crippen LogP contribution in [0.5, 0.6) is 5.75 Å². The van der Waals surface area contributed by atoms with E-state index >= 15 is 0 Å². The lowest BCUT2D eigenvalue weighted by Gasteiger charge is -2.15. The van der Waals surface area contributed by atoms with Gasteiger partial charge >= 0.3 is 6.18 Å². The van der Waals surface area contributed by atoms with Crippen molar-refractivity contribution in [2.75, 3.05) is 19.7 Å². The first kappa shape index (κ1) is 21.8. The first-order valence-corrected chi connectivity index (χ1v) is 10.2. The van der Waals surface area contributed by atoms with E-state index in [1.807, 2.05) is 6.07 Å². The summed E-state index contributed by atoms with van der Waals surface area (Å²) in [4.78, 5) is 14.3. The van der Waals surface area contributed by atoms with Gasteiger partial charge in [-0.25, -0.2) is 4.63 Å². The Labute approximate surface area is 181 Å². The molecule has 3 heterocycles. The number of benzene rings is 1. The van der Waals surface area contributed by atoms with Crippen LogP contribution in [0.15, 0.2) is 35.0 Å². The van der Waals surface area contributed by atoms with Gasteiger partial charge in [-0.1, -0.05) is 10.3 Å². The van der Waals surface area contributed by atoms with E-state index in [2.05, 4.69) is 25.1 Å². The maximum absolute atomic E-state index is 12.6. The molecule has 0 aliphatic carbocycles. The molecule has 1 fully saturated rings. The Morgan fingerprint density at radius 1 is 1.28 bits per heavy atom. The second-order valence-electron chi connectivity index (χ2n) is 7.74. The standard InChI is InChI=1S/C21H22F3N5O3/c1-13-18(28-32-27-13)11-20(30)29-8-6-14(12-29)19-10-16(25-26-19)7-9-31-17-4-2-15(3-5-17)21(22,23)24/h2-5,10,14H,6-9,11-12H2,1H3,(H,25,26). The van der Waals surface area contributed by atoms with Gasteiger partial charge in [0.25, 0.3) is 0 Å². The number of aromatic nitrogens is 4. The Hall–Kier alpha value is -3.37. The molecule has 32 heavy (non-hydrogen) atoms. The largest absolute Gasteiger partial charge is 0.493 e. The van der Waals surface area contributed by atoms with Crippen molar-refractivity contribution in [2.24, 2.45) is 0 Å². The summed E-state index contributed by atoms with van der Waals surface area (Å²) in [6.45, 7) is 3.27. The highest BCUT2D eigenvalue weighted by Crippen LogP contribution is 2.30. The summed E-state index contributed by atoms with van der Waals surface area (Å²) < 4.78 is 48.0. The lowest BCUT2D eigenvalue weighted by atomic mass is 10.0. The molecular weight excluding hydrogens is 427 g/mol. The second-order valence-corrected chi connectivity index (χ2v) is 7.74. The van der Waals surface area contributed by atoms with Gasteiger partial charge in [0.15, 0.2) is 0 Å². The predicted octanol–water partition coefficient (Wildman–Crippen LogP) is 3.30. The van der Waals surface area contributed by atoms with Crippen LogP contribution in [0.25, 0.3) is 0 Å². The van der Waals surface area contributed by atoms with Gasteiger partial charge in [-0.3, -0.25) is 9.89 Å². The van der Waals surface area contributed by atoms with Crippen molar-refractivity contribution in [1.82, 2.24) is 25.4 Å². The summed E-state index contributed by atoms with van der Waals surface area (Å²) in [6.07, 6.45) is -2.86. The fraction of sp³-hybridized carbons (Fsp3) is 0.429. The van der Waals surface area contributed by atoms with Gasteiger partial charge in [0.2, 0.25) is 5.91 Å². The van der Waals surface area contributed by atoms with Crippen LogP contribution in [0.3, 0.4) is 0 Å². The Bertz CT molecular complexity index is 1060. The number of aromatic amines is 1. The lowest BCUT2D eigenvalue weighted by molar-refractivity contribution is -0.137. The van der Waals surface area contributed by atoms with Crippen molar-refractivity contribution < 1.29 is 27.3 Å². The Kier molecular flexibility index (Phi) is 6.15. The molecule has 170 valence electrons. The molecule has 1 aliphatic rings. The van der Waals surface area contributed by atoms with Gasteiger partial charge in [-0.15, -0.1) is 0 Å². The molecule has 0 radical (unpaired) electrons. The van der Waals surface area contributed by atoms with E-state index < -0.39 is 11.7 Å². The fourth-order valence-electron chi connectivity index (χ4n) is 3.63. The van der Waals surface area contributed by atoms with Crippen LogP contribution in [0.2, 0.25) is 0 Å². The number of nitrogens with zero attached hydrogens (tertiary/aromatic N) is 4. The van der Waals surface area contributed by atoms with Crippen LogP contribution < -0.4 is 4.74 Å². The normalized spacial score (nSPS) is 16.5. The zero-order valence-corrected chi connectivity index (χ0v) is 17.4. The number of ether oxygens (including phenoxy) is 1. The average molecular weight is 449 g/mol. The molecule has 1 unspecified atom stereocenters. The number of carbonyl (C=O) groups excluding carboxylic acids is 1. The Balaban J connectivity index is 1.25.